The minimum Gasteiger partial charge on any atom is -0.392 e. The molecule has 0 bridgehead atoms. The summed E-state index contributed by atoms with van der Waals surface area (Å²) in [6, 6.07) is 1.75. The van der Waals surface area contributed by atoms with E-state index in [1.54, 1.807) is 13.0 Å². The van der Waals surface area contributed by atoms with Crippen molar-refractivity contribution in [2.45, 2.75) is 43.8 Å². The number of nitrogens with one attached hydrogen (secondary N) is 1. The molecule has 102 valence electrons. The quantitative estimate of drug-likeness (QED) is 0.297. The molecule has 2 atom stereocenters. The molecule has 4 N–H and O–H groups in total. The number of nitrogen functional groups attached to an aromatic ring is 1. The molecular weight excluding hydrogens is 252 g/mol. The van der Waals surface area contributed by atoms with Gasteiger partial charge in [-0.1, -0.05) is 6.92 Å². The van der Waals surface area contributed by atoms with Crippen LogP contribution in [0.4, 0.5) is 5.82 Å². The van der Waals surface area contributed by atoms with Gasteiger partial charge in [-0.2, -0.15) is 0 Å². The fourth-order valence-corrected chi connectivity index (χ4v) is 2.07. The van der Waals surface area contributed by atoms with Crippen molar-refractivity contribution in [3.8, 4) is 0 Å². The number of anilines is 1. The third-order valence-electron chi connectivity index (χ3n) is 2.32. The summed E-state index contributed by atoms with van der Waals surface area (Å²) in [6.45, 7) is 6.56. The lowest BCUT2D eigenvalue weighted by Gasteiger charge is -2.14. The van der Waals surface area contributed by atoms with Crippen LogP contribution in [0, 0.1) is 0 Å². The molecule has 0 aliphatic heterocycles. The minimum atomic E-state index is -0.408. The van der Waals surface area contributed by atoms with Crippen LogP contribution in [0.25, 0.3) is 0 Å². The van der Waals surface area contributed by atoms with Crippen LogP contribution in [0.1, 0.15) is 26.6 Å². The van der Waals surface area contributed by atoms with Gasteiger partial charge in [0.2, 0.25) is 0 Å². The Labute approximate surface area is 111 Å². The first-order valence-corrected chi connectivity index (χ1v) is 6.71. The zero-order chi connectivity index (χ0) is 13.5. The molecule has 1 aromatic heterocycles. The van der Waals surface area contributed by atoms with Gasteiger partial charge in [0.25, 0.3) is 0 Å². The third-order valence-corrected chi connectivity index (χ3v) is 3.53. The Morgan fingerprint density at radius 3 is 2.78 bits per heavy atom. The van der Waals surface area contributed by atoms with Crippen LogP contribution in [0.3, 0.4) is 0 Å². The Kier molecular flexibility index (Phi) is 6.34. The summed E-state index contributed by atoms with van der Waals surface area (Å²) in [5.74, 6) is 6.49. The largest absolute Gasteiger partial charge is 0.392 e. The fraction of sp³-hybridized carbons (Fsp3) is 0.636. The first kappa shape index (κ1) is 15.2. The number of aliphatic hydroxyl groups is 1. The van der Waals surface area contributed by atoms with Gasteiger partial charge in [0.1, 0.15) is 17.5 Å². The van der Waals surface area contributed by atoms with E-state index in [0.29, 0.717) is 24.9 Å². The highest BCUT2D eigenvalue weighted by Crippen LogP contribution is 2.25. The standard InChI is InChI=1S/C11H20N4O2S/c1-4-17-6-10-13-9(15-12)5-11(14-10)18-8(3)7(2)16/h5,7-8,16H,4,6,12H2,1-3H3,(H,13,14,15). The topological polar surface area (TPSA) is 93.3 Å². The molecule has 0 fully saturated rings. The Hall–Kier alpha value is -0.890. The summed E-state index contributed by atoms with van der Waals surface area (Å²) >= 11 is 1.48. The van der Waals surface area contributed by atoms with Gasteiger partial charge in [0, 0.05) is 17.9 Å². The number of nitrogens with two attached hydrogens (primary N) is 1. The van der Waals surface area contributed by atoms with Crippen molar-refractivity contribution in [3.63, 3.8) is 0 Å². The van der Waals surface area contributed by atoms with E-state index in [0.717, 1.165) is 5.03 Å². The predicted molar refractivity (Wildman–Crippen MR) is 72.2 cm³/mol. The highest BCUT2D eigenvalue weighted by molar-refractivity contribution is 7.99. The van der Waals surface area contributed by atoms with E-state index in [1.807, 2.05) is 13.8 Å². The summed E-state index contributed by atoms with van der Waals surface area (Å²) < 4.78 is 5.27. The molecule has 0 aliphatic rings. The molecule has 1 aromatic rings. The second kappa shape index (κ2) is 7.52. The number of hydrogen-bond acceptors (Lipinski definition) is 7. The van der Waals surface area contributed by atoms with Crippen LogP contribution in [-0.4, -0.2) is 33.0 Å². The van der Waals surface area contributed by atoms with Crippen molar-refractivity contribution >= 4 is 17.6 Å². The first-order chi connectivity index (χ1) is 8.56. The Bertz CT molecular complexity index is 376. The number of thioether (sulfide) groups is 1. The Balaban J connectivity index is 2.82. The molecule has 0 saturated heterocycles. The fourth-order valence-electron chi connectivity index (χ4n) is 1.15. The Morgan fingerprint density at radius 2 is 2.22 bits per heavy atom. The van der Waals surface area contributed by atoms with E-state index in [1.165, 1.54) is 11.8 Å². The molecule has 0 amide bonds. The van der Waals surface area contributed by atoms with Gasteiger partial charge >= 0.3 is 0 Å². The lowest BCUT2D eigenvalue weighted by molar-refractivity contribution is 0.128. The van der Waals surface area contributed by atoms with E-state index in [2.05, 4.69) is 15.4 Å². The van der Waals surface area contributed by atoms with Crippen LogP contribution >= 0.6 is 11.8 Å². The number of ether oxygens (including phenoxy) is 1. The van der Waals surface area contributed by atoms with Crippen molar-refractivity contribution in [1.82, 2.24) is 9.97 Å². The number of aliphatic hydroxyl groups excluding tert-OH is 1. The molecule has 1 rings (SSSR count). The second-order valence-corrected chi connectivity index (χ2v) is 5.25. The van der Waals surface area contributed by atoms with Crippen LogP contribution in [0.2, 0.25) is 0 Å². The molecule has 0 radical (unpaired) electrons. The van der Waals surface area contributed by atoms with Crippen molar-refractivity contribution in [2.24, 2.45) is 5.84 Å². The normalized spacial score (nSPS) is 14.3. The average Bonchev–Trinajstić information content (AvgIpc) is 2.35. The smallest absolute Gasteiger partial charge is 0.157 e. The molecule has 0 saturated carbocycles. The monoisotopic (exact) mass is 272 g/mol. The number of rotatable bonds is 7. The molecule has 1 heterocycles. The first-order valence-electron chi connectivity index (χ1n) is 5.83. The zero-order valence-electron chi connectivity index (χ0n) is 10.9. The van der Waals surface area contributed by atoms with Gasteiger partial charge in [0.15, 0.2) is 5.82 Å². The highest BCUT2D eigenvalue weighted by Gasteiger charge is 2.13. The molecule has 7 heteroatoms. The summed E-state index contributed by atoms with van der Waals surface area (Å²) in [5, 5.41) is 10.3. The summed E-state index contributed by atoms with van der Waals surface area (Å²) in [7, 11) is 0. The zero-order valence-corrected chi connectivity index (χ0v) is 11.7. The van der Waals surface area contributed by atoms with E-state index in [-0.39, 0.29) is 5.25 Å². The van der Waals surface area contributed by atoms with Crippen LogP contribution in [-0.2, 0) is 11.3 Å². The van der Waals surface area contributed by atoms with Crippen molar-refractivity contribution in [2.75, 3.05) is 12.0 Å². The number of nitrogens with zero attached hydrogens (tertiary/aromatic N) is 2. The van der Waals surface area contributed by atoms with Crippen LogP contribution in [0.15, 0.2) is 11.1 Å². The Morgan fingerprint density at radius 1 is 1.50 bits per heavy atom. The van der Waals surface area contributed by atoms with Gasteiger partial charge in [0.05, 0.1) is 6.10 Å². The summed E-state index contributed by atoms with van der Waals surface area (Å²) in [6.07, 6.45) is -0.408. The SMILES string of the molecule is CCOCc1nc(NN)cc(SC(C)C(C)O)n1. The van der Waals surface area contributed by atoms with E-state index < -0.39 is 6.10 Å². The third kappa shape index (κ3) is 4.77. The van der Waals surface area contributed by atoms with Crippen LogP contribution < -0.4 is 11.3 Å². The van der Waals surface area contributed by atoms with Crippen molar-refractivity contribution in [1.29, 1.82) is 0 Å². The molecule has 0 aliphatic carbocycles. The number of aromatic nitrogens is 2. The molecule has 0 aromatic carbocycles. The molecular formula is C11H20N4O2S. The average molecular weight is 272 g/mol. The number of hydrazine groups is 1. The lowest BCUT2D eigenvalue weighted by Crippen LogP contribution is -2.16. The van der Waals surface area contributed by atoms with Crippen molar-refractivity contribution < 1.29 is 9.84 Å². The molecule has 2 unspecified atom stereocenters. The maximum Gasteiger partial charge on any atom is 0.157 e. The summed E-state index contributed by atoms with van der Waals surface area (Å²) in [4.78, 5) is 8.55. The van der Waals surface area contributed by atoms with E-state index >= 15 is 0 Å². The second-order valence-electron chi connectivity index (χ2n) is 3.85. The maximum absolute atomic E-state index is 9.49. The van der Waals surface area contributed by atoms with E-state index in [9.17, 15) is 5.11 Å². The maximum atomic E-state index is 9.49. The highest BCUT2D eigenvalue weighted by atomic mass is 32.2. The van der Waals surface area contributed by atoms with Crippen LogP contribution in [0.5, 0.6) is 0 Å². The molecule has 6 nitrogen and oxygen atoms in total. The lowest BCUT2D eigenvalue weighted by atomic mass is 10.3. The summed E-state index contributed by atoms with van der Waals surface area (Å²) in [5.41, 5.74) is 2.50. The van der Waals surface area contributed by atoms with Gasteiger partial charge in [-0.05, 0) is 13.8 Å². The molecule has 0 spiro atoms. The number of hydrogen-bond donors (Lipinski definition) is 3. The minimum absolute atomic E-state index is 0.0467. The van der Waals surface area contributed by atoms with E-state index in [4.69, 9.17) is 10.6 Å². The molecule has 18 heavy (non-hydrogen) atoms. The van der Waals surface area contributed by atoms with Gasteiger partial charge in [-0.3, -0.25) is 0 Å². The predicted octanol–water partition coefficient (Wildman–Crippen LogP) is 1.16. The van der Waals surface area contributed by atoms with Gasteiger partial charge in [-0.15, -0.1) is 11.8 Å². The van der Waals surface area contributed by atoms with Crippen molar-refractivity contribution in [3.05, 3.63) is 11.9 Å². The van der Waals surface area contributed by atoms with Gasteiger partial charge in [-0.25, -0.2) is 15.8 Å². The van der Waals surface area contributed by atoms with Gasteiger partial charge < -0.3 is 15.3 Å².